The maximum atomic E-state index is 5.94. The van der Waals surface area contributed by atoms with Crippen LogP contribution in [0.1, 0.15) is 26.7 Å². The van der Waals surface area contributed by atoms with Crippen LogP contribution in [-0.2, 0) is 4.74 Å². The molecule has 2 rings (SSSR count). The Kier molecular flexibility index (Phi) is 5.42. The average molecular weight is 255 g/mol. The van der Waals surface area contributed by atoms with Crippen LogP contribution in [0.25, 0.3) is 0 Å². The maximum Gasteiger partial charge on any atom is 0.0829 e. The first kappa shape index (κ1) is 14.3. The predicted octanol–water partition coefficient (Wildman–Crippen LogP) is 0.766. The van der Waals surface area contributed by atoms with Crippen molar-refractivity contribution in [2.24, 2.45) is 11.7 Å². The Morgan fingerprint density at radius 2 is 1.89 bits per heavy atom. The van der Waals surface area contributed by atoms with Crippen LogP contribution < -0.4 is 5.73 Å². The lowest BCUT2D eigenvalue weighted by molar-refractivity contribution is -0.0482. The molecule has 0 spiro atoms. The van der Waals surface area contributed by atoms with Crippen LogP contribution in [0.4, 0.5) is 0 Å². The lowest BCUT2D eigenvalue weighted by Gasteiger charge is -2.38. The Morgan fingerprint density at radius 3 is 2.56 bits per heavy atom. The standard InChI is InChI=1S/C14H29N3O/c1-12(2)9-17-7-8-18-14(11-17)10-16-5-3-13(15)4-6-16/h12-14H,3-11,15H2,1-2H3. The smallest absolute Gasteiger partial charge is 0.0829 e. The summed E-state index contributed by atoms with van der Waals surface area (Å²) in [7, 11) is 0. The zero-order valence-electron chi connectivity index (χ0n) is 12.0. The fourth-order valence-electron chi connectivity index (χ4n) is 3.00. The molecule has 0 aliphatic carbocycles. The first-order valence-electron chi connectivity index (χ1n) is 7.45. The monoisotopic (exact) mass is 255 g/mol. The molecule has 2 saturated heterocycles. The lowest BCUT2D eigenvalue weighted by Crippen LogP contribution is -2.50. The molecule has 0 aromatic rings. The fraction of sp³-hybridized carbons (Fsp3) is 1.00. The molecule has 0 aromatic heterocycles. The van der Waals surface area contributed by atoms with Crippen molar-refractivity contribution in [3.05, 3.63) is 0 Å². The van der Waals surface area contributed by atoms with Gasteiger partial charge in [-0.2, -0.15) is 0 Å². The number of nitrogens with two attached hydrogens (primary N) is 1. The molecule has 0 bridgehead atoms. The fourth-order valence-corrected chi connectivity index (χ4v) is 3.00. The predicted molar refractivity (Wildman–Crippen MR) is 74.7 cm³/mol. The van der Waals surface area contributed by atoms with Crippen LogP contribution in [0.3, 0.4) is 0 Å². The van der Waals surface area contributed by atoms with Gasteiger partial charge in [-0.05, 0) is 31.8 Å². The highest BCUT2D eigenvalue weighted by atomic mass is 16.5. The van der Waals surface area contributed by atoms with Crippen LogP contribution in [-0.4, -0.2) is 67.8 Å². The quantitative estimate of drug-likeness (QED) is 0.805. The van der Waals surface area contributed by atoms with Crippen molar-refractivity contribution in [2.45, 2.75) is 38.8 Å². The summed E-state index contributed by atoms with van der Waals surface area (Å²) in [5, 5.41) is 0. The first-order valence-corrected chi connectivity index (χ1v) is 7.45. The second-order valence-corrected chi connectivity index (χ2v) is 6.28. The van der Waals surface area contributed by atoms with Crippen molar-refractivity contribution in [3.63, 3.8) is 0 Å². The Balaban J connectivity index is 1.72. The van der Waals surface area contributed by atoms with E-state index in [1.165, 1.54) is 6.54 Å². The molecular weight excluding hydrogens is 226 g/mol. The molecule has 18 heavy (non-hydrogen) atoms. The molecule has 4 heteroatoms. The number of rotatable bonds is 4. The zero-order valence-corrected chi connectivity index (χ0v) is 12.0. The van der Waals surface area contributed by atoms with Crippen molar-refractivity contribution in [1.29, 1.82) is 0 Å². The summed E-state index contributed by atoms with van der Waals surface area (Å²) in [5.41, 5.74) is 5.94. The Hall–Kier alpha value is -0.160. The van der Waals surface area contributed by atoms with Crippen molar-refractivity contribution in [1.82, 2.24) is 9.80 Å². The van der Waals surface area contributed by atoms with Gasteiger partial charge in [0.05, 0.1) is 12.7 Å². The normalized spacial score (nSPS) is 29.0. The van der Waals surface area contributed by atoms with E-state index in [1.54, 1.807) is 0 Å². The van der Waals surface area contributed by atoms with E-state index in [0.29, 0.717) is 12.1 Å². The third kappa shape index (κ3) is 4.50. The van der Waals surface area contributed by atoms with E-state index in [2.05, 4.69) is 23.6 Å². The third-order valence-electron chi connectivity index (χ3n) is 3.94. The molecule has 2 aliphatic rings. The summed E-state index contributed by atoms with van der Waals surface area (Å²) in [6.07, 6.45) is 2.68. The number of hydrogen-bond acceptors (Lipinski definition) is 4. The molecule has 1 atom stereocenters. The van der Waals surface area contributed by atoms with Crippen molar-refractivity contribution < 1.29 is 4.74 Å². The second-order valence-electron chi connectivity index (χ2n) is 6.28. The van der Waals surface area contributed by atoms with Crippen LogP contribution in [0, 0.1) is 5.92 Å². The minimum Gasteiger partial charge on any atom is -0.374 e. The van der Waals surface area contributed by atoms with E-state index in [9.17, 15) is 0 Å². The van der Waals surface area contributed by atoms with Gasteiger partial charge in [0, 0.05) is 32.2 Å². The third-order valence-corrected chi connectivity index (χ3v) is 3.94. The van der Waals surface area contributed by atoms with Crippen LogP contribution in [0.15, 0.2) is 0 Å². The molecule has 2 N–H and O–H groups in total. The molecule has 0 saturated carbocycles. The Morgan fingerprint density at radius 1 is 1.17 bits per heavy atom. The highest BCUT2D eigenvalue weighted by molar-refractivity contribution is 4.79. The SMILES string of the molecule is CC(C)CN1CCOC(CN2CCC(N)CC2)C1. The van der Waals surface area contributed by atoms with Gasteiger partial charge in [-0.15, -0.1) is 0 Å². The molecule has 0 aromatic carbocycles. The summed E-state index contributed by atoms with van der Waals surface area (Å²) < 4.78 is 5.90. The van der Waals surface area contributed by atoms with Gasteiger partial charge < -0.3 is 15.4 Å². The number of ether oxygens (including phenoxy) is 1. The largest absolute Gasteiger partial charge is 0.374 e. The summed E-state index contributed by atoms with van der Waals surface area (Å²) in [6.45, 7) is 12.2. The van der Waals surface area contributed by atoms with E-state index in [1.807, 2.05) is 0 Å². The number of morpholine rings is 1. The Bertz CT molecular complexity index is 239. The summed E-state index contributed by atoms with van der Waals surface area (Å²) >= 11 is 0. The maximum absolute atomic E-state index is 5.94. The van der Waals surface area contributed by atoms with Gasteiger partial charge in [0.25, 0.3) is 0 Å². The molecular formula is C14H29N3O. The van der Waals surface area contributed by atoms with Crippen LogP contribution in [0.5, 0.6) is 0 Å². The molecule has 4 nitrogen and oxygen atoms in total. The minimum atomic E-state index is 0.395. The van der Waals surface area contributed by atoms with E-state index in [-0.39, 0.29) is 0 Å². The first-order chi connectivity index (χ1) is 8.63. The van der Waals surface area contributed by atoms with Gasteiger partial charge in [0.2, 0.25) is 0 Å². The van der Waals surface area contributed by atoms with Gasteiger partial charge in [-0.25, -0.2) is 0 Å². The summed E-state index contributed by atoms with van der Waals surface area (Å²) in [6, 6.07) is 0.422. The van der Waals surface area contributed by atoms with Gasteiger partial charge in [-0.3, -0.25) is 4.90 Å². The number of hydrogen-bond donors (Lipinski definition) is 1. The Labute approximate surface area is 111 Å². The molecule has 2 heterocycles. The van der Waals surface area contributed by atoms with Gasteiger partial charge in [0.15, 0.2) is 0 Å². The van der Waals surface area contributed by atoms with Crippen molar-refractivity contribution in [2.75, 3.05) is 45.9 Å². The number of likely N-dealkylation sites (tertiary alicyclic amines) is 1. The van der Waals surface area contributed by atoms with E-state index in [4.69, 9.17) is 10.5 Å². The second kappa shape index (κ2) is 6.85. The highest BCUT2D eigenvalue weighted by Crippen LogP contribution is 2.13. The number of piperidine rings is 1. The topological polar surface area (TPSA) is 41.7 Å². The molecule has 2 aliphatic heterocycles. The van der Waals surface area contributed by atoms with Gasteiger partial charge in [-0.1, -0.05) is 13.8 Å². The summed E-state index contributed by atoms with van der Waals surface area (Å²) in [4.78, 5) is 5.07. The zero-order chi connectivity index (χ0) is 13.0. The van der Waals surface area contributed by atoms with Crippen LogP contribution in [0.2, 0.25) is 0 Å². The average Bonchev–Trinajstić information content (AvgIpc) is 2.32. The molecule has 2 fully saturated rings. The van der Waals surface area contributed by atoms with E-state index < -0.39 is 0 Å². The molecule has 106 valence electrons. The van der Waals surface area contributed by atoms with Gasteiger partial charge >= 0.3 is 0 Å². The molecule has 0 radical (unpaired) electrons. The highest BCUT2D eigenvalue weighted by Gasteiger charge is 2.24. The molecule has 0 amide bonds. The van der Waals surface area contributed by atoms with Gasteiger partial charge in [0.1, 0.15) is 0 Å². The minimum absolute atomic E-state index is 0.395. The van der Waals surface area contributed by atoms with E-state index >= 15 is 0 Å². The van der Waals surface area contributed by atoms with E-state index in [0.717, 1.165) is 58.1 Å². The summed E-state index contributed by atoms with van der Waals surface area (Å²) in [5.74, 6) is 0.747. The number of nitrogens with zero attached hydrogens (tertiary/aromatic N) is 2. The van der Waals surface area contributed by atoms with Crippen LogP contribution >= 0.6 is 0 Å². The lowest BCUT2D eigenvalue weighted by atomic mass is 10.1. The van der Waals surface area contributed by atoms with Crippen molar-refractivity contribution >= 4 is 0 Å². The molecule has 1 unspecified atom stereocenters. The van der Waals surface area contributed by atoms with Crippen molar-refractivity contribution in [3.8, 4) is 0 Å².